The topological polar surface area (TPSA) is 105 Å². The van der Waals surface area contributed by atoms with Crippen molar-refractivity contribution in [3.8, 4) is 0 Å². The fourth-order valence-corrected chi connectivity index (χ4v) is 1.58. The number of likely N-dealkylation sites (N-methyl/N-ethyl adjacent to an activating group) is 1. The van der Waals surface area contributed by atoms with E-state index in [0.29, 0.717) is 26.3 Å². The van der Waals surface area contributed by atoms with Gasteiger partial charge in [0.05, 0.1) is 13.7 Å². The van der Waals surface area contributed by atoms with E-state index in [2.05, 4.69) is 10.1 Å². The highest BCUT2D eigenvalue weighted by atomic mass is 16.5. The zero-order chi connectivity index (χ0) is 16.3. The molecule has 0 spiro atoms. The van der Waals surface area contributed by atoms with E-state index in [1.807, 2.05) is 6.92 Å². The second-order valence-corrected chi connectivity index (χ2v) is 4.23. The van der Waals surface area contributed by atoms with Gasteiger partial charge in [-0.05, 0) is 20.3 Å². The van der Waals surface area contributed by atoms with Crippen molar-refractivity contribution in [3.63, 3.8) is 0 Å². The summed E-state index contributed by atoms with van der Waals surface area (Å²) in [5.74, 6) is -1.70. The molecule has 0 aromatic rings. The number of carboxylic acid groups (broad SMARTS) is 1. The Morgan fingerprint density at radius 3 is 2.43 bits per heavy atom. The van der Waals surface area contributed by atoms with Gasteiger partial charge >= 0.3 is 18.0 Å². The maximum absolute atomic E-state index is 12.0. The van der Waals surface area contributed by atoms with E-state index < -0.39 is 24.0 Å². The van der Waals surface area contributed by atoms with E-state index in [0.717, 1.165) is 0 Å². The molecule has 0 radical (unpaired) electrons. The molecule has 0 fully saturated rings. The molecule has 2 N–H and O–H groups in total. The van der Waals surface area contributed by atoms with Gasteiger partial charge in [-0.3, -0.25) is 4.79 Å². The summed E-state index contributed by atoms with van der Waals surface area (Å²) in [5.41, 5.74) is 0. The van der Waals surface area contributed by atoms with Crippen LogP contribution in [0.4, 0.5) is 4.79 Å². The highest BCUT2D eigenvalue weighted by Gasteiger charge is 2.23. The molecule has 1 atom stereocenters. The maximum Gasteiger partial charge on any atom is 0.326 e. The van der Waals surface area contributed by atoms with E-state index in [-0.39, 0.29) is 12.8 Å². The number of nitrogens with zero attached hydrogens (tertiary/aromatic N) is 1. The van der Waals surface area contributed by atoms with Crippen molar-refractivity contribution in [2.45, 2.75) is 32.7 Å². The molecular formula is C13H24N2O6. The van der Waals surface area contributed by atoms with Gasteiger partial charge in [-0.1, -0.05) is 0 Å². The first kappa shape index (κ1) is 19.2. The highest BCUT2D eigenvalue weighted by molar-refractivity contribution is 5.83. The number of methoxy groups -OCH3 is 1. The third-order valence-electron chi connectivity index (χ3n) is 2.84. The molecule has 0 rings (SSSR count). The molecular weight excluding hydrogens is 280 g/mol. The van der Waals surface area contributed by atoms with Gasteiger partial charge in [-0.15, -0.1) is 0 Å². The lowest BCUT2D eigenvalue weighted by atomic mass is 10.1. The average molecular weight is 304 g/mol. The Kier molecular flexibility index (Phi) is 9.95. The van der Waals surface area contributed by atoms with Gasteiger partial charge in [0.25, 0.3) is 0 Å². The average Bonchev–Trinajstić information content (AvgIpc) is 2.46. The molecule has 0 bridgehead atoms. The van der Waals surface area contributed by atoms with Gasteiger partial charge < -0.3 is 24.8 Å². The number of ether oxygens (including phenoxy) is 2. The van der Waals surface area contributed by atoms with Crippen molar-refractivity contribution in [3.05, 3.63) is 0 Å². The van der Waals surface area contributed by atoms with Gasteiger partial charge in [0.2, 0.25) is 0 Å². The second-order valence-electron chi connectivity index (χ2n) is 4.23. The van der Waals surface area contributed by atoms with Crippen LogP contribution in [-0.4, -0.2) is 67.4 Å². The predicted octanol–water partition coefficient (Wildman–Crippen LogP) is 0.461. The molecule has 8 heteroatoms. The lowest BCUT2D eigenvalue weighted by molar-refractivity contribution is -0.142. The number of hydrogen-bond acceptors (Lipinski definition) is 5. The number of amides is 2. The normalized spacial score (nSPS) is 11.6. The van der Waals surface area contributed by atoms with Crippen LogP contribution in [0, 0.1) is 0 Å². The molecule has 0 aromatic carbocycles. The van der Waals surface area contributed by atoms with Crippen LogP contribution in [0.2, 0.25) is 0 Å². The minimum absolute atomic E-state index is 0.0171. The van der Waals surface area contributed by atoms with Crippen molar-refractivity contribution in [2.24, 2.45) is 0 Å². The van der Waals surface area contributed by atoms with Gasteiger partial charge in [0, 0.05) is 26.1 Å². The SMILES string of the molecule is CCOCCN(CC)C(=O)N[C@@H](CCC(=O)OC)C(=O)O. The van der Waals surface area contributed by atoms with E-state index in [1.165, 1.54) is 12.0 Å². The molecule has 0 saturated carbocycles. The van der Waals surface area contributed by atoms with Crippen LogP contribution >= 0.6 is 0 Å². The van der Waals surface area contributed by atoms with Gasteiger partial charge in [0.15, 0.2) is 0 Å². The van der Waals surface area contributed by atoms with Crippen LogP contribution in [0.15, 0.2) is 0 Å². The number of carbonyl (C=O) groups excluding carboxylic acids is 2. The smallest absolute Gasteiger partial charge is 0.326 e. The Labute approximate surface area is 124 Å². The molecule has 0 aromatic heterocycles. The quantitative estimate of drug-likeness (QED) is 0.449. The van der Waals surface area contributed by atoms with Crippen molar-refractivity contribution >= 4 is 18.0 Å². The molecule has 21 heavy (non-hydrogen) atoms. The molecule has 0 saturated heterocycles. The van der Waals surface area contributed by atoms with Crippen molar-refractivity contribution in [2.75, 3.05) is 33.4 Å². The molecule has 0 aliphatic carbocycles. The van der Waals surface area contributed by atoms with E-state index in [1.54, 1.807) is 6.92 Å². The molecule has 0 heterocycles. The molecule has 0 unspecified atom stereocenters. The summed E-state index contributed by atoms with van der Waals surface area (Å²) >= 11 is 0. The Hall–Kier alpha value is -1.83. The number of urea groups is 1. The van der Waals surface area contributed by atoms with E-state index in [9.17, 15) is 14.4 Å². The fraction of sp³-hybridized carbons (Fsp3) is 0.769. The number of esters is 1. The first-order chi connectivity index (χ1) is 9.96. The minimum Gasteiger partial charge on any atom is -0.480 e. The largest absolute Gasteiger partial charge is 0.480 e. The van der Waals surface area contributed by atoms with Crippen molar-refractivity contribution in [1.82, 2.24) is 10.2 Å². The highest BCUT2D eigenvalue weighted by Crippen LogP contribution is 2.01. The van der Waals surface area contributed by atoms with Crippen LogP contribution < -0.4 is 5.32 Å². The molecule has 2 amide bonds. The Morgan fingerprint density at radius 1 is 1.29 bits per heavy atom. The standard InChI is InChI=1S/C13H24N2O6/c1-4-15(8-9-21-5-2)13(19)14-10(12(17)18)6-7-11(16)20-3/h10H,4-9H2,1-3H3,(H,14,19)(H,17,18)/t10-/m0/s1. The summed E-state index contributed by atoms with van der Waals surface area (Å²) < 4.78 is 9.61. The van der Waals surface area contributed by atoms with E-state index >= 15 is 0 Å². The zero-order valence-electron chi connectivity index (χ0n) is 12.8. The molecule has 0 aliphatic heterocycles. The summed E-state index contributed by atoms with van der Waals surface area (Å²) in [6.45, 7) is 5.38. The molecule has 8 nitrogen and oxygen atoms in total. The lowest BCUT2D eigenvalue weighted by Gasteiger charge is -2.23. The fourth-order valence-electron chi connectivity index (χ4n) is 1.58. The van der Waals surface area contributed by atoms with Crippen LogP contribution in [0.5, 0.6) is 0 Å². The maximum atomic E-state index is 12.0. The van der Waals surface area contributed by atoms with Crippen molar-refractivity contribution < 1.29 is 29.0 Å². The Morgan fingerprint density at radius 2 is 1.95 bits per heavy atom. The third-order valence-corrected chi connectivity index (χ3v) is 2.84. The zero-order valence-corrected chi connectivity index (χ0v) is 12.8. The Bertz CT molecular complexity index is 348. The lowest BCUT2D eigenvalue weighted by Crippen LogP contribution is -2.48. The third kappa shape index (κ3) is 8.13. The first-order valence-electron chi connectivity index (χ1n) is 6.89. The van der Waals surface area contributed by atoms with Crippen LogP contribution in [0.1, 0.15) is 26.7 Å². The number of carbonyl (C=O) groups is 3. The van der Waals surface area contributed by atoms with Crippen LogP contribution in [0.3, 0.4) is 0 Å². The number of aliphatic carboxylic acids is 1. The molecule has 122 valence electrons. The first-order valence-corrected chi connectivity index (χ1v) is 6.89. The van der Waals surface area contributed by atoms with Gasteiger partial charge in [-0.25, -0.2) is 9.59 Å². The second kappa shape index (κ2) is 10.9. The number of rotatable bonds is 10. The summed E-state index contributed by atoms with van der Waals surface area (Å²) in [6.07, 6.45) is -0.0877. The summed E-state index contributed by atoms with van der Waals surface area (Å²) in [4.78, 5) is 35.6. The van der Waals surface area contributed by atoms with Gasteiger partial charge in [0.1, 0.15) is 6.04 Å². The predicted molar refractivity (Wildman–Crippen MR) is 74.9 cm³/mol. The number of hydrogen-bond donors (Lipinski definition) is 2. The number of nitrogens with one attached hydrogen (secondary N) is 1. The minimum atomic E-state index is -1.19. The van der Waals surface area contributed by atoms with Crippen LogP contribution in [0.25, 0.3) is 0 Å². The summed E-state index contributed by atoms with van der Waals surface area (Å²) in [7, 11) is 1.23. The monoisotopic (exact) mass is 304 g/mol. The van der Waals surface area contributed by atoms with Crippen LogP contribution in [-0.2, 0) is 19.1 Å². The Balaban J connectivity index is 4.42. The van der Waals surface area contributed by atoms with Gasteiger partial charge in [-0.2, -0.15) is 0 Å². The van der Waals surface area contributed by atoms with Crippen molar-refractivity contribution in [1.29, 1.82) is 0 Å². The summed E-state index contributed by atoms with van der Waals surface area (Å²) in [5, 5.41) is 11.5. The number of carboxylic acids is 1. The summed E-state index contributed by atoms with van der Waals surface area (Å²) in [6, 6.07) is -1.62. The van der Waals surface area contributed by atoms with E-state index in [4.69, 9.17) is 9.84 Å². The molecule has 0 aliphatic rings.